The van der Waals surface area contributed by atoms with Gasteiger partial charge in [-0.1, -0.05) is 164 Å². The number of rotatable bonds is 9. The zero-order valence-electron chi connectivity index (χ0n) is 33.4. The SMILES string of the molecule is c1ccc(-c2cccc(-c3cccc(N(c4ccc(-c5ccc6ccccc6c5)cc4)c4cccc(N(c5ccccc5)c5cccc6c5oc5ccccc56)c4)c3)c2)cc1. The number of furan rings is 1. The minimum atomic E-state index is 0.851. The summed E-state index contributed by atoms with van der Waals surface area (Å²) in [5.41, 5.74) is 15.0. The Bertz CT molecular complexity index is 3320. The van der Waals surface area contributed by atoms with Crippen LogP contribution in [0.5, 0.6) is 0 Å². The van der Waals surface area contributed by atoms with Crippen LogP contribution >= 0.6 is 0 Å². The number of para-hydroxylation sites is 3. The highest BCUT2D eigenvalue weighted by Gasteiger charge is 2.21. The Morgan fingerprint density at radius 3 is 1.56 bits per heavy atom. The van der Waals surface area contributed by atoms with Gasteiger partial charge in [-0.25, -0.2) is 0 Å². The third-order valence-electron chi connectivity index (χ3n) is 11.6. The fraction of sp³-hybridized carbons (Fsp3) is 0. The number of hydrogen-bond acceptors (Lipinski definition) is 3. The second-order valence-electron chi connectivity index (χ2n) is 15.4. The summed E-state index contributed by atoms with van der Waals surface area (Å²) in [4.78, 5) is 4.67. The lowest BCUT2D eigenvalue weighted by Gasteiger charge is -2.29. The first-order valence-electron chi connectivity index (χ1n) is 20.7. The first-order valence-corrected chi connectivity index (χ1v) is 20.7. The van der Waals surface area contributed by atoms with Crippen LogP contribution in [-0.4, -0.2) is 0 Å². The van der Waals surface area contributed by atoms with Gasteiger partial charge in [-0.2, -0.15) is 0 Å². The molecule has 0 unspecified atom stereocenters. The van der Waals surface area contributed by atoms with Crippen molar-refractivity contribution in [2.45, 2.75) is 0 Å². The van der Waals surface area contributed by atoms with Gasteiger partial charge in [0.1, 0.15) is 5.58 Å². The van der Waals surface area contributed by atoms with Crippen LogP contribution in [0.15, 0.2) is 247 Å². The molecule has 61 heavy (non-hydrogen) atoms. The van der Waals surface area contributed by atoms with Gasteiger partial charge < -0.3 is 14.2 Å². The molecule has 0 aliphatic heterocycles. The van der Waals surface area contributed by atoms with Crippen LogP contribution in [0.3, 0.4) is 0 Å². The molecule has 11 rings (SSSR count). The summed E-state index contributed by atoms with van der Waals surface area (Å²) in [5, 5.41) is 4.67. The zero-order valence-corrected chi connectivity index (χ0v) is 33.4. The van der Waals surface area contributed by atoms with Gasteiger partial charge in [-0.3, -0.25) is 0 Å². The smallest absolute Gasteiger partial charge is 0.159 e. The van der Waals surface area contributed by atoms with E-state index >= 15 is 0 Å². The van der Waals surface area contributed by atoms with Crippen molar-refractivity contribution in [1.29, 1.82) is 0 Å². The van der Waals surface area contributed by atoms with E-state index in [0.717, 1.165) is 67.2 Å². The van der Waals surface area contributed by atoms with E-state index in [0.29, 0.717) is 0 Å². The third-order valence-corrected chi connectivity index (χ3v) is 11.6. The molecule has 0 saturated carbocycles. The predicted octanol–water partition coefficient (Wildman–Crippen LogP) is 16.7. The molecule has 0 N–H and O–H groups in total. The van der Waals surface area contributed by atoms with Crippen LogP contribution in [0.2, 0.25) is 0 Å². The molecule has 0 atom stereocenters. The lowest BCUT2D eigenvalue weighted by Crippen LogP contribution is -2.13. The predicted molar refractivity (Wildman–Crippen MR) is 257 cm³/mol. The maximum Gasteiger partial charge on any atom is 0.159 e. The van der Waals surface area contributed by atoms with E-state index in [2.05, 4.69) is 240 Å². The number of benzene rings is 10. The van der Waals surface area contributed by atoms with Crippen molar-refractivity contribution in [2.24, 2.45) is 0 Å². The van der Waals surface area contributed by atoms with Crippen molar-refractivity contribution in [3.8, 4) is 33.4 Å². The molecule has 1 heterocycles. The summed E-state index contributed by atoms with van der Waals surface area (Å²) in [7, 11) is 0. The number of hydrogen-bond donors (Lipinski definition) is 0. The molecule has 11 aromatic rings. The molecule has 0 radical (unpaired) electrons. The van der Waals surface area contributed by atoms with Gasteiger partial charge in [0.05, 0.1) is 5.69 Å². The summed E-state index contributed by atoms with van der Waals surface area (Å²) in [6, 6.07) is 86.6. The van der Waals surface area contributed by atoms with Gasteiger partial charge in [-0.15, -0.1) is 0 Å². The molecule has 0 fully saturated rings. The van der Waals surface area contributed by atoms with E-state index in [9.17, 15) is 0 Å². The van der Waals surface area contributed by atoms with E-state index in [1.807, 2.05) is 12.1 Å². The Morgan fingerprint density at radius 1 is 0.262 bits per heavy atom. The Labute approximate surface area is 355 Å². The minimum absolute atomic E-state index is 0.851. The molecule has 3 nitrogen and oxygen atoms in total. The molecule has 0 aliphatic carbocycles. The van der Waals surface area contributed by atoms with Gasteiger partial charge in [0.2, 0.25) is 0 Å². The maximum atomic E-state index is 6.63. The topological polar surface area (TPSA) is 19.6 Å². The quantitative estimate of drug-likeness (QED) is 0.145. The highest BCUT2D eigenvalue weighted by atomic mass is 16.3. The number of anilines is 6. The zero-order chi connectivity index (χ0) is 40.5. The molecule has 10 aromatic carbocycles. The van der Waals surface area contributed by atoms with Crippen LogP contribution in [0, 0.1) is 0 Å². The van der Waals surface area contributed by atoms with Crippen molar-refractivity contribution in [1.82, 2.24) is 0 Å². The van der Waals surface area contributed by atoms with Crippen LogP contribution in [0.4, 0.5) is 34.1 Å². The standard InChI is InChI=1S/C58H40N2O/c1-3-15-41(16-4-1)45-19-11-20-46(37-45)47-21-12-24-51(39-47)59(50-35-33-43(34-36-50)48-32-31-42-17-7-8-18-44(42)38-48)52-25-13-26-53(40-52)60(49-22-5-2-6-23-49)56-29-14-28-55-54-27-9-10-30-57(54)61-58(55)56/h1-40H. The highest BCUT2D eigenvalue weighted by molar-refractivity contribution is 6.10. The lowest BCUT2D eigenvalue weighted by atomic mass is 9.98. The Kier molecular flexibility index (Phi) is 9.18. The fourth-order valence-electron chi connectivity index (χ4n) is 8.64. The monoisotopic (exact) mass is 780 g/mol. The Balaban J connectivity index is 1.06. The van der Waals surface area contributed by atoms with E-state index in [1.165, 1.54) is 33.0 Å². The van der Waals surface area contributed by atoms with Crippen molar-refractivity contribution in [3.05, 3.63) is 243 Å². The van der Waals surface area contributed by atoms with Gasteiger partial charge in [0.15, 0.2) is 5.58 Å². The number of nitrogens with zero attached hydrogens (tertiary/aromatic N) is 2. The second-order valence-corrected chi connectivity index (χ2v) is 15.4. The largest absolute Gasteiger partial charge is 0.454 e. The molecule has 0 spiro atoms. The third kappa shape index (κ3) is 6.88. The molecule has 1 aromatic heterocycles. The summed E-state index contributed by atoms with van der Waals surface area (Å²) in [6.45, 7) is 0. The highest BCUT2D eigenvalue weighted by Crippen LogP contribution is 2.45. The van der Waals surface area contributed by atoms with E-state index < -0.39 is 0 Å². The lowest BCUT2D eigenvalue weighted by molar-refractivity contribution is 0.669. The van der Waals surface area contributed by atoms with E-state index in [1.54, 1.807) is 0 Å². The van der Waals surface area contributed by atoms with E-state index in [-0.39, 0.29) is 0 Å². The molecule has 3 heteroatoms. The van der Waals surface area contributed by atoms with Gasteiger partial charge >= 0.3 is 0 Å². The van der Waals surface area contributed by atoms with Gasteiger partial charge in [0.25, 0.3) is 0 Å². The van der Waals surface area contributed by atoms with Crippen molar-refractivity contribution < 1.29 is 4.42 Å². The average molecular weight is 781 g/mol. The van der Waals surface area contributed by atoms with Crippen LogP contribution in [0.25, 0.3) is 66.1 Å². The molecule has 0 saturated heterocycles. The fourth-order valence-corrected chi connectivity index (χ4v) is 8.64. The molecular weight excluding hydrogens is 741 g/mol. The molecule has 288 valence electrons. The van der Waals surface area contributed by atoms with Gasteiger partial charge in [0, 0.05) is 39.2 Å². The second kappa shape index (κ2) is 15.6. The summed E-state index contributed by atoms with van der Waals surface area (Å²) < 4.78 is 6.63. The summed E-state index contributed by atoms with van der Waals surface area (Å²) >= 11 is 0. The molecule has 0 aliphatic rings. The van der Waals surface area contributed by atoms with Gasteiger partial charge in [-0.05, 0) is 123 Å². The minimum Gasteiger partial charge on any atom is -0.454 e. The van der Waals surface area contributed by atoms with Crippen LogP contribution in [-0.2, 0) is 0 Å². The normalized spacial score (nSPS) is 11.3. The van der Waals surface area contributed by atoms with E-state index in [4.69, 9.17) is 4.42 Å². The molecule has 0 amide bonds. The molecule has 0 bridgehead atoms. The van der Waals surface area contributed by atoms with Crippen molar-refractivity contribution >= 4 is 66.8 Å². The molecular formula is C58H40N2O. The summed E-state index contributed by atoms with van der Waals surface area (Å²) in [6.07, 6.45) is 0. The Hall–Kier alpha value is -8.14. The van der Waals surface area contributed by atoms with Crippen molar-refractivity contribution in [2.75, 3.05) is 9.80 Å². The number of fused-ring (bicyclic) bond motifs is 4. The maximum absolute atomic E-state index is 6.63. The first-order chi connectivity index (χ1) is 30.2. The first kappa shape index (κ1) is 36.0. The van der Waals surface area contributed by atoms with Crippen molar-refractivity contribution in [3.63, 3.8) is 0 Å². The summed E-state index contributed by atoms with van der Waals surface area (Å²) in [5.74, 6) is 0. The van der Waals surface area contributed by atoms with Crippen LogP contribution < -0.4 is 9.80 Å². The van der Waals surface area contributed by atoms with Crippen LogP contribution in [0.1, 0.15) is 0 Å². The average Bonchev–Trinajstić information content (AvgIpc) is 3.72. The Morgan fingerprint density at radius 2 is 0.754 bits per heavy atom.